The van der Waals surface area contributed by atoms with Crippen LogP contribution in [0.15, 0.2) is 36.4 Å². The maximum absolute atomic E-state index is 13.9. The van der Waals surface area contributed by atoms with E-state index >= 15 is 0 Å². The smallest absolute Gasteiger partial charge is 0.383 e. The molecule has 1 heterocycles. The molecule has 0 spiro atoms. The standard InChI is InChI=1S/C23H23Cl2F3N4O4/c1-35-11-9-31(10-12-36-2)18(33)13-32-17-8-4-7-16(20(17)30-22(32)23(26,27)28)29-21(34)19-14(24)5-3-6-15(19)25/h3-8H,9-13H2,1-2H3,(H,29,34). The summed E-state index contributed by atoms with van der Waals surface area (Å²) >= 11 is 12.2. The average Bonchev–Trinajstić information content (AvgIpc) is 3.19. The zero-order valence-electron chi connectivity index (χ0n) is 19.4. The molecule has 0 saturated carbocycles. The highest BCUT2D eigenvalue weighted by atomic mass is 35.5. The molecule has 13 heteroatoms. The van der Waals surface area contributed by atoms with Crippen molar-refractivity contribution >= 4 is 51.7 Å². The van der Waals surface area contributed by atoms with Gasteiger partial charge in [-0.2, -0.15) is 13.2 Å². The lowest BCUT2D eigenvalue weighted by atomic mass is 10.2. The number of amides is 2. The van der Waals surface area contributed by atoms with Crippen molar-refractivity contribution in [2.24, 2.45) is 0 Å². The van der Waals surface area contributed by atoms with Crippen LogP contribution in [0.4, 0.5) is 18.9 Å². The molecule has 0 saturated heterocycles. The summed E-state index contributed by atoms with van der Waals surface area (Å²) in [6.45, 7) is 0.117. The Morgan fingerprint density at radius 1 is 1.03 bits per heavy atom. The van der Waals surface area contributed by atoms with Crippen LogP contribution in [0.5, 0.6) is 0 Å². The van der Waals surface area contributed by atoms with Crippen molar-refractivity contribution in [1.82, 2.24) is 14.5 Å². The number of benzene rings is 2. The van der Waals surface area contributed by atoms with Gasteiger partial charge in [0, 0.05) is 27.3 Å². The number of rotatable bonds is 10. The number of alkyl halides is 3. The number of carbonyl (C=O) groups is 2. The Bertz CT molecular complexity index is 1220. The first kappa shape index (κ1) is 27.7. The second-order valence-corrected chi connectivity index (χ2v) is 8.42. The number of methoxy groups -OCH3 is 2. The largest absolute Gasteiger partial charge is 0.449 e. The number of hydrogen-bond donors (Lipinski definition) is 1. The van der Waals surface area contributed by atoms with Gasteiger partial charge in [0.15, 0.2) is 0 Å². The Balaban J connectivity index is 2.01. The molecule has 1 N–H and O–H groups in total. The van der Waals surface area contributed by atoms with Gasteiger partial charge in [-0.25, -0.2) is 4.98 Å². The molecule has 3 rings (SSSR count). The highest BCUT2D eigenvalue weighted by molar-refractivity contribution is 6.40. The van der Waals surface area contributed by atoms with E-state index in [1.807, 2.05) is 0 Å². The van der Waals surface area contributed by atoms with Gasteiger partial charge in [0.05, 0.1) is 40.0 Å². The molecule has 0 atom stereocenters. The molecule has 0 aliphatic carbocycles. The highest BCUT2D eigenvalue weighted by Crippen LogP contribution is 2.34. The quantitative estimate of drug-likeness (QED) is 0.397. The Hall–Kier alpha value is -2.86. The molecular formula is C23H23Cl2F3N4O4. The molecule has 36 heavy (non-hydrogen) atoms. The first-order valence-corrected chi connectivity index (χ1v) is 11.4. The van der Waals surface area contributed by atoms with Crippen LogP contribution >= 0.6 is 23.2 Å². The van der Waals surface area contributed by atoms with Gasteiger partial charge in [0.1, 0.15) is 12.1 Å². The van der Waals surface area contributed by atoms with E-state index < -0.39 is 30.4 Å². The molecule has 8 nitrogen and oxygen atoms in total. The molecule has 2 aromatic carbocycles. The summed E-state index contributed by atoms with van der Waals surface area (Å²) in [5.41, 5.74) is -0.164. The predicted octanol–water partition coefficient (Wildman–Crippen LogP) is 4.74. The van der Waals surface area contributed by atoms with Crippen molar-refractivity contribution in [2.75, 3.05) is 45.8 Å². The zero-order chi connectivity index (χ0) is 26.5. The summed E-state index contributed by atoms with van der Waals surface area (Å²) < 4.78 is 52.6. The predicted molar refractivity (Wildman–Crippen MR) is 129 cm³/mol. The van der Waals surface area contributed by atoms with Crippen LogP contribution in [0.2, 0.25) is 10.0 Å². The summed E-state index contributed by atoms with van der Waals surface area (Å²) in [6, 6.07) is 8.71. The van der Waals surface area contributed by atoms with E-state index in [9.17, 15) is 22.8 Å². The van der Waals surface area contributed by atoms with Crippen molar-refractivity contribution in [1.29, 1.82) is 0 Å². The first-order valence-electron chi connectivity index (χ1n) is 10.7. The molecule has 1 aromatic heterocycles. The van der Waals surface area contributed by atoms with E-state index in [0.29, 0.717) is 0 Å². The van der Waals surface area contributed by atoms with Crippen LogP contribution in [0.25, 0.3) is 11.0 Å². The molecule has 3 aromatic rings. The molecule has 0 aliphatic heterocycles. The molecule has 0 aliphatic rings. The number of imidazole rings is 1. The summed E-state index contributed by atoms with van der Waals surface area (Å²) in [7, 11) is 2.91. The Kier molecular flexibility index (Phi) is 9.18. The van der Waals surface area contributed by atoms with Crippen LogP contribution in [-0.4, -0.2) is 66.8 Å². The van der Waals surface area contributed by atoms with Crippen molar-refractivity contribution in [3.8, 4) is 0 Å². The third kappa shape index (κ3) is 6.28. The van der Waals surface area contributed by atoms with Crippen LogP contribution in [0.1, 0.15) is 16.2 Å². The summed E-state index contributed by atoms with van der Waals surface area (Å²) in [4.78, 5) is 30.9. The molecule has 0 fully saturated rings. The van der Waals surface area contributed by atoms with Gasteiger partial charge in [-0.05, 0) is 24.3 Å². The Labute approximate surface area is 214 Å². The van der Waals surface area contributed by atoms with Crippen molar-refractivity contribution in [2.45, 2.75) is 12.7 Å². The number of para-hydroxylation sites is 1. The van der Waals surface area contributed by atoms with Crippen molar-refractivity contribution in [3.05, 3.63) is 57.8 Å². The second-order valence-electron chi connectivity index (χ2n) is 7.61. The molecule has 194 valence electrons. The number of anilines is 1. The SMILES string of the molecule is COCCN(CCOC)C(=O)Cn1c(C(F)(F)F)nc2c(NC(=O)c3c(Cl)cccc3Cl)cccc21. The molecule has 0 bridgehead atoms. The van der Waals surface area contributed by atoms with Gasteiger partial charge >= 0.3 is 6.18 Å². The fourth-order valence-corrected chi connectivity index (χ4v) is 4.09. The normalized spacial score (nSPS) is 11.6. The lowest BCUT2D eigenvalue weighted by Gasteiger charge is -2.23. The fourth-order valence-electron chi connectivity index (χ4n) is 3.52. The minimum Gasteiger partial charge on any atom is -0.383 e. The molecule has 0 unspecified atom stereocenters. The fraction of sp³-hybridized carbons (Fsp3) is 0.348. The maximum Gasteiger partial charge on any atom is 0.449 e. The van der Waals surface area contributed by atoms with Crippen molar-refractivity contribution < 1.29 is 32.2 Å². The van der Waals surface area contributed by atoms with Gasteiger partial charge in [0.2, 0.25) is 11.7 Å². The number of hydrogen-bond acceptors (Lipinski definition) is 5. The lowest BCUT2D eigenvalue weighted by Crippen LogP contribution is -2.39. The first-order chi connectivity index (χ1) is 17.1. The molecular weight excluding hydrogens is 524 g/mol. The second kappa shape index (κ2) is 11.9. The zero-order valence-corrected chi connectivity index (χ0v) is 20.9. The van der Waals surface area contributed by atoms with Crippen molar-refractivity contribution in [3.63, 3.8) is 0 Å². The summed E-state index contributed by atoms with van der Waals surface area (Å²) in [5, 5.41) is 2.68. The topological polar surface area (TPSA) is 85.7 Å². The van der Waals surface area contributed by atoms with E-state index in [4.69, 9.17) is 32.7 Å². The number of nitrogens with zero attached hydrogens (tertiary/aromatic N) is 3. The van der Waals surface area contributed by atoms with Crippen LogP contribution in [0.3, 0.4) is 0 Å². The molecule has 2 amide bonds. The summed E-state index contributed by atoms with van der Waals surface area (Å²) in [6.07, 6.45) is -4.86. The van der Waals surface area contributed by atoms with Gasteiger partial charge in [-0.15, -0.1) is 0 Å². The van der Waals surface area contributed by atoms with Gasteiger partial charge < -0.3 is 24.3 Å². The van der Waals surface area contributed by atoms with Gasteiger partial charge in [-0.1, -0.05) is 35.3 Å². The van der Waals surface area contributed by atoms with Gasteiger partial charge in [-0.3, -0.25) is 9.59 Å². The summed E-state index contributed by atoms with van der Waals surface area (Å²) in [5.74, 6) is -2.57. The van der Waals surface area contributed by atoms with E-state index in [1.165, 1.54) is 49.5 Å². The highest BCUT2D eigenvalue weighted by Gasteiger charge is 2.39. The number of fused-ring (bicyclic) bond motifs is 1. The van der Waals surface area contributed by atoms with Crippen LogP contribution in [-0.2, 0) is 27.0 Å². The van der Waals surface area contributed by atoms with Crippen LogP contribution < -0.4 is 5.32 Å². The number of aromatic nitrogens is 2. The number of ether oxygens (including phenoxy) is 2. The average molecular weight is 547 g/mol. The monoisotopic (exact) mass is 546 g/mol. The Morgan fingerprint density at radius 2 is 1.61 bits per heavy atom. The number of halogens is 5. The van der Waals surface area contributed by atoms with E-state index in [-0.39, 0.29) is 58.6 Å². The van der Waals surface area contributed by atoms with E-state index in [2.05, 4.69) is 10.3 Å². The third-order valence-electron chi connectivity index (χ3n) is 5.25. The number of nitrogens with one attached hydrogen (secondary N) is 1. The Morgan fingerprint density at radius 3 is 2.17 bits per heavy atom. The lowest BCUT2D eigenvalue weighted by molar-refractivity contribution is -0.148. The van der Waals surface area contributed by atoms with E-state index in [1.54, 1.807) is 6.07 Å². The molecule has 0 radical (unpaired) electrons. The van der Waals surface area contributed by atoms with Gasteiger partial charge in [0.25, 0.3) is 5.91 Å². The van der Waals surface area contributed by atoms with Crippen LogP contribution in [0, 0.1) is 0 Å². The maximum atomic E-state index is 13.9. The number of carbonyl (C=O) groups excluding carboxylic acids is 2. The minimum absolute atomic E-state index is 0.000748. The third-order valence-corrected chi connectivity index (χ3v) is 5.88. The minimum atomic E-state index is -4.86. The van der Waals surface area contributed by atoms with E-state index in [0.717, 1.165) is 4.57 Å².